The number of benzene rings is 1. The molecule has 2 N–H and O–H groups in total. The van der Waals surface area contributed by atoms with Gasteiger partial charge in [-0.3, -0.25) is 9.36 Å². The summed E-state index contributed by atoms with van der Waals surface area (Å²) in [6.45, 7) is 6.29. The van der Waals surface area contributed by atoms with Crippen molar-refractivity contribution in [3.05, 3.63) is 48.0 Å². The van der Waals surface area contributed by atoms with Gasteiger partial charge in [0.25, 0.3) is 0 Å². The number of carbonyl (C=O) groups excluding carboxylic acids is 1. The Hall–Kier alpha value is -1.22. The highest BCUT2D eigenvalue weighted by Gasteiger charge is 2.47. The molecule has 0 saturated carbocycles. The number of allylic oxidation sites excluding steroid dienone is 1. The third-order valence-electron chi connectivity index (χ3n) is 2.85. The van der Waals surface area contributed by atoms with E-state index in [1.54, 1.807) is 31.2 Å². The first-order valence-electron chi connectivity index (χ1n) is 5.03. The van der Waals surface area contributed by atoms with Crippen LogP contribution >= 0.6 is 7.60 Å². The third kappa shape index (κ3) is 2.39. The predicted octanol–water partition coefficient (Wildman–Crippen LogP) is 2.30. The Morgan fingerprint density at radius 2 is 1.94 bits per heavy atom. The average molecular weight is 254 g/mol. The number of carbonyl (C=O) groups is 1. The average Bonchev–Trinajstić information content (AvgIpc) is 2.26. The molecular weight excluding hydrogens is 239 g/mol. The molecule has 0 spiro atoms. The van der Waals surface area contributed by atoms with Gasteiger partial charge in [-0.05, 0) is 19.4 Å². The van der Waals surface area contributed by atoms with Gasteiger partial charge in [0, 0.05) is 5.56 Å². The van der Waals surface area contributed by atoms with Gasteiger partial charge in [-0.1, -0.05) is 30.3 Å². The third-order valence-corrected chi connectivity index (χ3v) is 4.45. The number of ketones is 1. The van der Waals surface area contributed by atoms with E-state index in [9.17, 15) is 19.1 Å². The van der Waals surface area contributed by atoms with E-state index in [1.807, 2.05) is 0 Å². The van der Waals surface area contributed by atoms with E-state index in [0.717, 1.165) is 6.08 Å². The second-order valence-corrected chi connectivity index (χ2v) is 6.06. The standard InChI is InChI=1S/C12H15O4P/c1-4-12(3,17(14,15)16)11(13)10-8-6-5-7-9(10)2/h4-8H,1H2,2-3H3,(H2,14,15,16). The molecule has 0 radical (unpaired) electrons. The molecular formula is C12H15O4P. The molecule has 0 aromatic heterocycles. The SMILES string of the molecule is C=CC(C)(C(=O)c1ccccc1C)P(=O)(O)O. The van der Waals surface area contributed by atoms with E-state index < -0.39 is 18.5 Å². The Kier molecular flexibility index (Phi) is 3.72. The smallest absolute Gasteiger partial charge is 0.324 e. The van der Waals surface area contributed by atoms with E-state index >= 15 is 0 Å². The second kappa shape index (κ2) is 4.57. The van der Waals surface area contributed by atoms with Crippen LogP contribution in [0.1, 0.15) is 22.8 Å². The van der Waals surface area contributed by atoms with Crippen molar-refractivity contribution in [2.24, 2.45) is 0 Å². The minimum Gasteiger partial charge on any atom is -0.324 e. The number of Topliss-reactive ketones (excluding diaryl/α,β-unsaturated/α-hetero) is 1. The van der Waals surface area contributed by atoms with Gasteiger partial charge in [0.15, 0.2) is 5.78 Å². The largest absolute Gasteiger partial charge is 0.342 e. The highest BCUT2D eigenvalue weighted by Crippen LogP contribution is 2.52. The van der Waals surface area contributed by atoms with Crippen molar-refractivity contribution in [1.29, 1.82) is 0 Å². The summed E-state index contributed by atoms with van der Waals surface area (Å²) in [5.74, 6) is -0.612. The van der Waals surface area contributed by atoms with Crippen LogP contribution in [-0.2, 0) is 4.57 Å². The van der Waals surface area contributed by atoms with Gasteiger partial charge in [0.1, 0.15) is 5.16 Å². The zero-order valence-electron chi connectivity index (χ0n) is 9.75. The minimum absolute atomic E-state index is 0.304. The lowest BCUT2D eigenvalue weighted by molar-refractivity contribution is 0.0953. The molecule has 17 heavy (non-hydrogen) atoms. The van der Waals surface area contributed by atoms with Crippen molar-refractivity contribution in [3.8, 4) is 0 Å². The molecule has 0 aliphatic carbocycles. The van der Waals surface area contributed by atoms with Crippen molar-refractivity contribution >= 4 is 13.4 Å². The van der Waals surface area contributed by atoms with Gasteiger partial charge in [-0.15, -0.1) is 6.58 Å². The molecule has 0 fully saturated rings. The summed E-state index contributed by atoms with van der Waals surface area (Å²) in [5.41, 5.74) is 0.984. The van der Waals surface area contributed by atoms with Crippen LogP contribution in [-0.4, -0.2) is 20.7 Å². The molecule has 1 aromatic rings. The quantitative estimate of drug-likeness (QED) is 0.491. The minimum atomic E-state index is -4.60. The highest BCUT2D eigenvalue weighted by molar-refractivity contribution is 7.55. The molecule has 0 aliphatic heterocycles. The van der Waals surface area contributed by atoms with Crippen molar-refractivity contribution in [1.82, 2.24) is 0 Å². The van der Waals surface area contributed by atoms with Crippen LogP contribution in [0.2, 0.25) is 0 Å². The Bertz CT molecular complexity index is 503. The first-order chi connectivity index (χ1) is 7.74. The van der Waals surface area contributed by atoms with Crippen LogP contribution in [0.4, 0.5) is 0 Å². The van der Waals surface area contributed by atoms with Crippen molar-refractivity contribution < 1.29 is 19.1 Å². The highest BCUT2D eigenvalue weighted by atomic mass is 31.2. The zero-order chi connectivity index (χ0) is 13.3. The maximum Gasteiger partial charge on any atom is 0.342 e. The van der Waals surface area contributed by atoms with E-state index in [0.29, 0.717) is 11.1 Å². The molecule has 0 aliphatic rings. The van der Waals surface area contributed by atoms with Gasteiger partial charge < -0.3 is 9.79 Å². The first-order valence-corrected chi connectivity index (χ1v) is 6.65. The summed E-state index contributed by atoms with van der Waals surface area (Å²) in [7, 11) is -4.60. The fourth-order valence-corrected chi connectivity index (χ4v) is 2.07. The fourth-order valence-electron chi connectivity index (χ4n) is 1.44. The molecule has 0 saturated heterocycles. The van der Waals surface area contributed by atoms with Gasteiger partial charge in [-0.2, -0.15) is 0 Å². The van der Waals surface area contributed by atoms with Crippen molar-refractivity contribution in [3.63, 3.8) is 0 Å². The molecule has 1 atom stereocenters. The maximum atomic E-state index is 12.2. The Balaban J connectivity index is 3.35. The summed E-state index contributed by atoms with van der Waals surface area (Å²) in [5, 5.41) is -1.88. The number of hydrogen-bond acceptors (Lipinski definition) is 2. The molecule has 0 bridgehead atoms. The van der Waals surface area contributed by atoms with E-state index in [1.165, 1.54) is 6.92 Å². The van der Waals surface area contributed by atoms with Crippen LogP contribution in [0.15, 0.2) is 36.9 Å². The van der Waals surface area contributed by atoms with Crippen LogP contribution < -0.4 is 0 Å². The maximum absolute atomic E-state index is 12.2. The van der Waals surface area contributed by atoms with Crippen LogP contribution in [0, 0.1) is 6.92 Å². The molecule has 4 nitrogen and oxygen atoms in total. The first kappa shape index (κ1) is 13.8. The van der Waals surface area contributed by atoms with Crippen molar-refractivity contribution in [2.75, 3.05) is 0 Å². The van der Waals surface area contributed by atoms with Gasteiger partial charge in [0.2, 0.25) is 0 Å². The summed E-state index contributed by atoms with van der Waals surface area (Å²) in [6, 6.07) is 6.68. The summed E-state index contributed by atoms with van der Waals surface area (Å²) in [4.78, 5) is 30.8. The van der Waals surface area contributed by atoms with Crippen LogP contribution in [0.25, 0.3) is 0 Å². The molecule has 0 heterocycles. The number of hydrogen-bond donors (Lipinski definition) is 2. The normalized spacial score (nSPS) is 15.1. The molecule has 1 unspecified atom stereocenters. The van der Waals surface area contributed by atoms with Crippen LogP contribution in [0.3, 0.4) is 0 Å². The molecule has 0 amide bonds. The second-order valence-electron chi connectivity index (χ2n) is 4.04. The lowest BCUT2D eigenvalue weighted by Crippen LogP contribution is -2.33. The van der Waals surface area contributed by atoms with Gasteiger partial charge in [-0.25, -0.2) is 0 Å². The van der Waals surface area contributed by atoms with E-state index in [-0.39, 0.29) is 0 Å². The molecule has 5 heteroatoms. The van der Waals surface area contributed by atoms with E-state index in [4.69, 9.17) is 0 Å². The Labute approximate surface area is 100 Å². The Morgan fingerprint density at radius 1 is 1.41 bits per heavy atom. The number of aryl methyl sites for hydroxylation is 1. The predicted molar refractivity (Wildman–Crippen MR) is 66.2 cm³/mol. The van der Waals surface area contributed by atoms with E-state index in [2.05, 4.69) is 6.58 Å². The van der Waals surface area contributed by atoms with Crippen LogP contribution in [0.5, 0.6) is 0 Å². The topological polar surface area (TPSA) is 74.6 Å². The molecule has 1 aromatic carbocycles. The van der Waals surface area contributed by atoms with Crippen molar-refractivity contribution in [2.45, 2.75) is 19.0 Å². The lowest BCUT2D eigenvalue weighted by Gasteiger charge is -2.25. The molecule has 92 valence electrons. The number of rotatable bonds is 4. The van der Waals surface area contributed by atoms with Gasteiger partial charge >= 0.3 is 7.60 Å². The summed E-state index contributed by atoms with van der Waals surface area (Å²) >= 11 is 0. The Morgan fingerprint density at radius 3 is 2.35 bits per heavy atom. The summed E-state index contributed by atoms with van der Waals surface area (Å²) < 4.78 is 11.4. The monoisotopic (exact) mass is 254 g/mol. The lowest BCUT2D eigenvalue weighted by atomic mass is 9.95. The molecule has 1 rings (SSSR count). The van der Waals surface area contributed by atoms with Gasteiger partial charge in [0.05, 0.1) is 0 Å². The fraction of sp³-hybridized carbons (Fsp3) is 0.250. The zero-order valence-corrected chi connectivity index (χ0v) is 10.6. The summed E-state index contributed by atoms with van der Waals surface area (Å²) in [6.07, 6.45) is 1.02.